The van der Waals surface area contributed by atoms with E-state index in [1.54, 1.807) is 6.20 Å². The van der Waals surface area contributed by atoms with Crippen molar-refractivity contribution in [2.24, 2.45) is 0 Å². The number of hydrogen-bond donors (Lipinski definition) is 0. The molecule has 2 saturated heterocycles. The van der Waals surface area contributed by atoms with Gasteiger partial charge in [-0.15, -0.1) is 0 Å². The summed E-state index contributed by atoms with van der Waals surface area (Å²) in [6.45, 7) is 12.7. The van der Waals surface area contributed by atoms with E-state index in [1.807, 2.05) is 17.2 Å². The fraction of sp³-hybridized carbons (Fsp3) is 0.478. The van der Waals surface area contributed by atoms with Gasteiger partial charge in [0.15, 0.2) is 0 Å². The molecule has 6 nitrogen and oxygen atoms in total. The van der Waals surface area contributed by atoms with Gasteiger partial charge in [-0.05, 0) is 37.2 Å². The lowest BCUT2D eigenvalue weighted by atomic mass is 10.1. The van der Waals surface area contributed by atoms with Crippen molar-refractivity contribution in [2.45, 2.75) is 13.8 Å². The topological polar surface area (TPSA) is 42.9 Å². The molecule has 1 amide bonds. The van der Waals surface area contributed by atoms with Crippen LogP contribution in [-0.4, -0.2) is 79.6 Å². The van der Waals surface area contributed by atoms with Crippen LogP contribution in [0.15, 0.2) is 42.7 Å². The first-order valence-corrected chi connectivity index (χ1v) is 10.7. The molecule has 2 aromatic rings. The summed E-state index contributed by atoms with van der Waals surface area (Å²) in [5.41, 5.74) is 4.27. The number of nitrogens with zero attached hydrogens (tertiary/aromatic N) is 5. The first-order valence-electron chi connectivity index (χ1n) is 10.7. The molecule has 0 atom stereocenters. The third-order valence-corrected chi connectivity index (χ3v) is 6.09. The smallest absolute Gasteiger partial charge is 0.255 e. The molecule has 2 aliphatic heterocycles. The highest BCUT2D eigenvalue weighted by molar-refractivity contribution is 5.95. The number of amides is 1. The zero-order chi connectivity index (χ0) is 20.2. The van der Waals surface area contributed by atoms with Crippen LogP contribution in [0.4, 0.5) is 11.4 Å². The molecule has 2 aliphatic rings. The lowest BCUT2D eigenvalue weighted by Gasteiger charge is -2.37. The highest BCUT2D eigenvalue weighted by atomic mass is 16.2. The molecule has 0 unspecified atom stereocenters. The molecule has 154 valence electrons. The summed E-state index contributed by atoms with van der Waals surface area (Å²) in [7, 11) is 0. The Kier molecular flexibility index (Phi) is 6.00. The Labute approximate surface area is 173 Å². The van der Waals surface area contributed by atoms with E-state index in [0.29, 0.717) is 5.56 Å². The number of rotatable bonds is 4. The first-order chi connectivity index (χ1) is 14.1. The second-order valence-corrected chi connectivity index (χ2v) is 7.97. The van der Waals surface area contributed by atoms with Gasteiger partial charge in [-0.3, -0.25) is 9.78 Å². The summed E-state index contributed by atoms with van der Waals surface area (Å²) in [5, 5.41) is 0. The number of carbonyl (C=O) groups is 1. The number of benzene rings is 1. The second-order valence-electron chi connectivity index (χ2n) is 7.97. The van der Waals surface area contributed by atoms with Gasteiger partial charge in [0.05, 0.1) is 17.4 Å². The lowest BCUT2D eigenvalue weighted by Crippen LogP contribution is -2.49. The third-order valence-electron chi connectivity index (χ3n) is 6.09. The van der Waals surface area contributed by atoms with Crippen molar-refractivity contribution in [1.29, 1.82) is 0 Å². The average Bonchev–Trinajstić information content (AvgIpc) is 2.79. The van der Waals surface area contributed by atoms with Crippen molar-refractivity contribution in [2.75, 3.05) is 68.7 Å². The first kappa shape index (κ1) is 19.7. The van der Waals surface area contributed by atoms with Crippen LogP contribution in [0.3, 0.4) is 0 Å². The largest absolute Gasteiger partial charge is 0.368 e. The standard InChI is InChI=1S/C23H31N5O/c1-3-25-7-9-27(10-8-25)22-16-20(17-24-18-22)23(29)28-13-11-26(12-14-28)21-6-4-5-19(2)15-21/h4-6,15-18H,3,7-14H2,1-2H3. The van der Waals surface area contributed by atoms with Crippen molar-refractivity contribution < 1.29 is 4.79 Å². The molecule has 4 rings (SSSR count). The minimum atomic E-state index is 0.0930. The monoisotopic (exact) mass is 393 g/mol. The van der Waals surface area contributed by atoms with E-state index in [9.17, 15) is 4.79 Å². The summed E-state index contributed by atoms with van der Waals surface area (Å²) in [6.07, 6.45) is 3.59. The Morgan fingerprint density at radius 2 is 1.59 bits per heavy atom. The van der Waals surface area contributed by atoms with Gasteiger partial charge in [-0.25, -0.2) is 0 Å². The summed E-state index contributed by atoms with van der Waals surface area (Å²) < 4.78 is 0. The van der Waals surface area contributed by atoms with Crippen LogP contribution in [0.1, 0.15) is 22.8 Å². The number of likely N-dealkylation sites (N-methyl/N-ethyl adjacent to an activating group) is 1. The normalized spacial score (nSPS) is 18.2. The highest BCUT2D eigenvalue weighted by Gasteiger charge is 2.24. The van der Waals surface area contributed by atoms with E-state index in [1.165, 1.54) is 11.3 Å². The van der Waals surface area contributed by atoms with Crippen LogP contribution in [0.25, 0.3) is 0 Å². The molecule has 0 spiro atoms. The zero-order valence-corrected chi connectivity index (χ0v) is 17.5. The highest BCUT2D eigenvalue weighted by Crippen LogP contribution is 2.21. The van der Waals surface area contributed by atoms with Crippen molar-refractivity contribution in [3.63, 3.8) is 0 Å². The quantitative estimate of drug-likeness (QED) is 0.799. The minimum absolute atomic E-state index is 0.0930. The molecule has 1 aromatic heterocycles. The van der Waals surface area contributed by atoms with Crippen LogP contribution in [-0.2, 0) is 0 Å². The van der Waals surface area contributed by atoms with E-state index in [4.69, 9.17) is 0 Å². The maximum atomic E-state index is 13.1. The number of anilines is 2. The minimum Gasteiger partial charge on any atom is -0.368 e. The predicted molar refractivity (Wildman–Crippen MR) is 118 cm³/mol. The molecule has 0 N–H and O–H groups in total. The van der Waals surface area contributed by atoms with E-state index in [0.717, 1.165) is 64.6 Å². The Morgan fingerprint density at radius 3 is 2.28 bits per heavy atom. The molecule has 0 bridgehead atoms. The maximum Gasteiger partial charge on any atom is 0.255 e. The molecule has 3 heterocycles. The average molecular weight is 394 g/mol. The molecule has 0 aliphatic carbocycles. The molecule has 0 radical (unpaired) electrons. The number of pyridine rings is 1. The fourth-order valence-electron chi connectivity index (χ4n) is 4.21. The number of hydrogen-bond acceptors (Lipinski definition) is 5. The van der Waals surface area contributed by atoms with Gasteiger partial charge in [0, 0.05) is 64.2 Å². The van der Waals surface area contributed by atoms with Gasteiger partial charge >= 0.3 is 0 Å². The van der Waals surface area contributed by atoms with Gasteiger partial charge in [-0.1, -0.05) is 19.1 Å². The van der Waals surface area contributed by atoms with E-state index in [2.05, 4.69) is 57.8 Å². The van der Waals surface area contributed by atoms with Crippen LogP contribution in [0.2, 0.25) is 0 Å². The summed E-state index contributed by atoms with van der Waals surface area (Å²) in [6, 6.07) is 10.6. The fourth-order valence-corrected chi connectivity index (χ4v) is 4.21. The van der Waals surface area contributed by atoms with Crippen LogP contribution < -0.4 is 9.80 Å². The van der Waals surface area contributed by atoms with Gasteiger partial charge in [0.2, 0.25) is 0 Å². The molecule has 0 saturated carbocycles. The number of aryl methyl sites for hydroxylation is 1. The second kappa shape index (κ2) is 8.82. The maximum absolute atomic E-state index is 13.1. The molecular weight excluding hydrogens is 362 g/mol. The van der Waals surface area contributed by atoms with Crippen LogP contribution in [0.5, 0.6) is 0 Å². The summed E-state index contributed by atoms with van der Waals surface area (Å²) in [5.74, 6) is 0.0930. The predicted octanol–water partition coefficient (Wildman–Crippen LogP) is 2.49. The zero-order valence-electron chi connectivity index (χ0n) is 17.5. The van der Waals surface area contributed by atoms with Crippen molar-refractivity contribution in [1.82, 2.24) is 14.8 Å². The van der Waals surface area contributed by atoms with Gasteiger partial charge in [0.1, 0.15) is 0 Å². The number of carbonyl (C=O) groups excluding carboxylic acids is 1. The number of piperazine rings is 2. The van der Waals surface area contributed by atoms with Crippen LogP contribution in [0, 0.1) is 6.92 Å². The van der Waals surface area contributed by atoms with Gasteiger partial charge < -0.3 is 19.6 Å². The van der Waals surface area contributed by atoms with E-state index in [-0.39, 0.29) is 5.91 Å². The van der Waals surface area contributed by atoms with Crippen LogP contribution >= 0.6 is 0 Å². The van der Waals surface area contributed by atoms with Crippen molar-refractivity contribution in [3.05, 3.63) is 53.9 Å². The molecule has 6 heteroatoms. The Hall–Kier alpha value is -2.60. The van der Waals surface area contributed by atoms with Gasteiger partial charge in [-0.2, -0.15) is 0 Å². The number of aromatic nitrogens is 1. The Morgan fingerprint density at radius 1 is 0.897 bits per heavy atom. The summed E-state index contributed by atoms with van der Waals surface area (Å²) in [4.78, 5) is 26.6. The Balaban J connectivity index is 1.38. The third kappa shape index (κ3) is 4.53. The molecule has 2 fully saturated rings. The molecule has 1 aromatic carbocycles. The lowest BCUT2D eigenvalue weighted by molar-refractivity contribution is 0.0746. The van der Waals surface area contributed by atoms with Crippen molar-refractivity contribution in [3.8, 4) is 0 Å². The van der Waals surface area contributed by atoms with Gasteiger partial charge in [0.25, 0.3) is 5.91 Å². The molecule has 29 heavy (non-hydrogen) atoms. The summed E-state index contributed by atoms with van der Waals surface area (Å²) >= 11 is 0. The molecular formula is C23H31N5O. The van der Waals surface area contributed by atoms with E-state index < -0.39 is 0 Å². The Bertz CT molecular complexity index is 839. The van der Waals surface area contributed by atoms with E-state index >= 15 is 0 Å². The van der Waals surface area contributed by atoms with Crippen molar-refractivity contribution >= 4 is 17.3 Å². The SMILES string of the molecule is CCN1CCN(c2cncc(C(=O)N3CCN(c4cccc(C)c4)CC3)c2)CC1.